The van der Waals surface area contributed by atoms with Gasteiger partial charge in [0.15, 0.2) is 18.7 Å². The van der Waals surface area contributed by atoms with Crippen molar-refractivity contribution in [3.63, 3.8) is 0 Å². The minimum atomic E-state index is -1.58. The van der Waals surface area contributed by atoms with Crippen LogP contribution in [0, 0.1) is 0 Å². The first-order valence-electron chi connectivity index (χ1n) is 11.1. The molecule has 194 valence electrons. The fourth-order valence-corrected chi connectivity index (χ4v) is 4.64. The zero-order chi connectivity index (χ0) is 24.6. The first-order valence-corrected chi connectivity index (χ1v) is 11.1. The fraction of sp³-hybridized carbons (Fsp3) is 1.00. The van der Waals surface area contributed by atoms with Crippen molar-refractivity contribution in [2.24, 2.45) is 0 Å². The first kappa shape index (κ1) is 27.0. The summed E-state index contributed by atoms with van der Waals surface area (Å²) in [7, 11) is 0. The largest absolute Gasteiger partial charge is 0.394 e. The van der Waals surface area contributed by atoms with E-state index in [-0.39, 0.29) is 6.54 Å². The van der Waals surface area contributed by atoms with Gasteiger partial charge in [-0.2, -0.15) is 0 Å². The quantitative estimate of drug-likeness (QED) is 0.167. The van der Waals surface area contributed by atoms with Crippen LogP contribution in [-0.2, 0) is 18.9 Å². The topological polar surface area (TPSA) is 289 Å². The second-order valence-electron chi connectivity index (χ2n) is 9.12. The Bertz CT molecular complexity index is 584. The van der Waals surface area contributed by atoms with Crippen molar-refractivity contribution in [3.05, 3.63) is 0 Å². The van der Waals surface area contributed by atoms with Gasteiger partial charge in [-0.3, -0.25) is 0 Å². The number of ether oxygens (including phenoxy) is 4. The number of aliphatic hydroxyl groups is 7. The van der Waals surface area contributed by atoms with Crippen LogP contribution in [-0.4, -0.2) is 141 Å². The lowest BCUT2D eigenvalue weighted by Crippen LogP contribution is -2.83. The average molecular weight is 489 g/mol. The average Bonchev–Trinajstić information content (AvgIpc) is 2.79. The summed E-state index contributed by atoms with van der Waals surface area (Å²) in [4.78, 5) is 0. The number of hydrogen-bond donors (Lipinski definition) is 11. The van der Waals surface area contributed by atoms with E-state index in [0.717, 1.165) is 0 Å². The van der Waals surface area contributed by atoms with Gasteiger partial charge in [0.05, 0.1) is 13.0 Å². The van der Waals surface area contributed by atoms with Crippen molar-refractivity contribution in [1.29, 1.82) is 0 Å². The van der Waals surface area contributed by atoms with E-state index in [1.807, 2.05) is 0 Å². The molecule has 2 heterocycles. The number of quaternary nitrogens is 4. The summed E-state index contributed by atoms with van der Waals surface area (Å²) in [6.07, 6.45) is -14.6. The molecule has 3 fully saturated rings. The highest BCUT2D eigenvalue weighted by Crippen LogP contribution is 2.30. The molecule has 15 atom stereocenters. The lowest BCUT2D eigenvalue weighted by molar-refractivity contribution is -0.525. The van der Waals surface area contributed by atoms with Crippen LogP contribution in [0.15, 0.2) is 0 Å². The SMILES string of the molecule is [NH3+]C[C@H]1O[C@H](O[C@H]2[C@H](O)[C@@H](O[C@H]3O[C@H](CO)[C@@H](O)[C@H]([NH3+])[C@H]3O)[C@H]([NH3+])C[C@@H]2[NH3+])[C@H](O)[C@@H](O)[C@@H]1O. The molecule has 1 aliphatic carbocycles. The van der Waals surface area contributed by atoms with E-state index in [1.165, 1.54) is 0 Å². The lowest BCUT2D eigenvalue weighted by Gasteiger charge is -2.45. The molecule has 15 heteroatoms. The van der Waals surface area contributed by atoms with Crippen LogP contribution < -0.4 is 22.9 Å². The number of hydrogen-bond acceptors (Lipinski definition) is 11. The second-order valence-corrected chi connectivity index (χ2v) is 9.12. The fourth-order valence-electron chi connectivity index (χ4n) is 4.64. The number of rotatable bonds is 6. The van der Waals surface area contributed by atoms with Crippen molar-refractivity contribution in [2.45, 2.75) is 98.2 Å². The van der Waals surface area contributed by atoms with Crippen molar-refractivity contribution < 1.29 is 77.6 Å². The molecule has 0 radical (unpaired) electrons. The van der Waals surface area contributed by atoms with Gasteiger partial charge in [-0.25, -0.2) is 0 Å². The van der Waals surface area contributed by atoms with Gasteiger partial charge in [0.1, 0.15) is 79.6 Å². The van der Waals surface area contributed by atoms with Crippen molar-refractivity contribution in [3.8, 4) is 0 Å². The molecule has 0 aromatic carbocycles. The van der Waals surface area contributed by atoms with Crippen LogP contribution in [0.1, 0.15) is 6.42 Å². The van der Waals surface area contributed by atoms with Crippen LogP contribution in [0.3, 0.4) is 0 Å². The Morgan fingerprint density at radius 2 is 1.18 bits per heavy atom. The molecule has 33 heavy (non-hydrogen) atoms. The Kier molecular flexibility index (Phi) is 8.99. The normalized spacial score (nSPS) is 53.7. The van der Waals surface area contributed by atoms with Crippen LogP contribution in [0.25, 0.3) is 0 Å². The van der Waals surface area contributed by atoms with Crippen LogP contribution in [0.2, 0.25) is 0 Å². The standard InChI is InChI=1S/C18H36N4O11/c19-2-6-10(25)12(27)13(28)18(30-6)33-16-5(21)1-4(20)15(14(16)29)32-17-11(26)8(22)9(24)7(3-23)31-17/h4-18,23-29H,1-3,19-22H2/p+4/t4-,5+,6-,7-,8+,9-,10-,11-,12+,13-,14-,15+,16-,17-,18-/m1/s1. The Hall–Kier alpha value is -0.600. The maximum Gasteiger partial charge on any atom is 0.190 e. The van der Waals surface area contributed by atoms with E-state index in [4.69, 9.17) is 18.9 Å². The Labute approximate surface area is 189 Å². The molecule has 0 amide bonds. The lowest BCUT2D eigenvalue weighted by atomic mass is 9.84. The first-order chi connectivity index (χ1) is 15.5. The van der Waals surface area contributed by atoms with Gasteiger partial charge in [-0.05, 0) is 0 Å². The smallest absolute Gasteiger partial charge is 0.190 e. The minimum Gasteiger partial charge on any atom is -0.394 e. The monoisotopic (exact) mass is 488 g/mol. The molecule has 3 rings (SSSR count). The van der Waals surface area contributed by atoms with Gasteiger partial charge in [-0.1, -0.05) is 0 Å². The van der Waals surface area contributed by atoms with Crippen molar-refractivity contribution in [1.82, 2.24) is 0 Å². The van der Waals surface area contributed by atoms with Gasteiger partial charge in [0, 0.05) is 0 Å². The summed E-state index contributed by atoms with van der Waals surface area (Å²) in [6, 6.07) is -1.89. The maximum absolute atomic E-state index is 11.0. The highest BCUT2D eigenvalue weighted by atomic mass is 16.7. The van der Waals surface area contributed by atoms with E-state index >= 15 is 0 Å². The van der Waals surface area contributed by atoms with Crippen LogP contribution in [0.5, 0.6) is 0 Å². The van der Waals surface area contributed by atoms with Crippen molar-refractivity contribution in [2.75, 3.05) is 13.2 Å². The molecule has 0 unspecified atom stereocenters. The molecule has 2 saturated heterocycles. The van der Waals surface area contributed by atoms with E-state index in [0.29, 0.717) is 6.42 Å². The third-order valence-electron chi connectivity index (χ3n) is 6.77. The summed E-state index contributed by atoms with van der Waals surface area (Å²) in [6.45, 7) is -0.411. The molecule has 0 bridgehead atoms. The highest BCUT2D eigenvalue weighted by Gasteiger charge is 2.54. The van der Waals surface area contributed by atoms with Gasteiger partial charge in [0.2, 0.25) is 0 Å². The Balaban J connectivity index is 1.72. The van der Waals surface area contributed by atoms with Crippen LogP contribution in [0.4, 0.5) is 0 Å². The van der Waals surface area contributed by atoms with E-state index < -0.39 is 98.4 Å². The molecule has 3 aliphatic rings. The van der Waals surface area contributed by atoms with Gasteiger partial charge < -0.3 is 77.6 Å². The molecule has 0 aromatic heterocycles. The van der Waals surface area contributed by atoms with Gasteiger partial charge in [-0.15, -0.1) is 0 Å². The number of aliphatic hydroxyl groups excluding tert-OH is 7. The molecule has 15 nitrogen and oxygen atoms in total. The van der Waals surface area contributed by atoms with Gasteiger partial charge >= 0.3 is 0 Å². The zero-order valence-electron chi connectivity index (χ0n) is 18.4. The maximum atomic E-state index is 11.0. The summed E-state index contributed by atoms with van der Waals surface area (Å²) >= 11 is 0. The van der Waals surface area contributed by atoms with Crippen LogP contribution >= 0.6 is 0 Å². The van der Waals surface area contributed by atoms with E-state index in [2.05, 4.69) is 22.9 Å². The van der Waals surface area contributed by atoms with Gasteiger partial charge in [0.25, 0.3) is 0 Å². The molecule has 0 aromatic rings. The molecule has 1 saturated carbocycles. The summed E-state index contributed by atoms with van der Waals surface area (Å²) in [5.74, 6) is 0. The third-order valence-corrected chi connectivity index (χ3v) is 6.77. The Morgan fingerprint density at radius 3 is 1.70 bits per heavy atom. The molecular weight excluding hydrogens is 448 g/mol. The zero-order valence-corrected chi connectivity index (χ0v) is 18.4. The molecule has 19 N–H and O–H groups in total. The predicted molar refractivity (Wildman–Crippen MR) is 103 cm³/mol. The molecule has 2 aliphatic heterocycles. The van der Waals surface area contributed by atoms with E-state index in [1.54, 1.807) is 0 Å². The summed E-state index contributed by atoms with van der Waals surface area (Å²) in [5.41, 5.74) is 15.3. The molecular formula is C18H40N4O11+4. The predicted octanol–water partition coefficient (Wildman–Crippen LogP) is -10.2. The second kappa shape index (κ2) is 11.0. The third kappa shape index (κ3) is 5.32. The highest BCUT2D eigenvalue weighted by molar-refractivity contribution is 4.97. The summed E-state index contributed by atoms with van der Waals surface area (Å²) < 4.78 is 22.7. The van der Waals surface area contributed by atoms with E-state index in [9.17, 15) is 35.7 Å². The minimum absolute atomic E-state index is 0.111. The molecule has 0 spiro atoms. The van der Waals surface area contributed by atoms with Crippen molar-refractivity contribution >= 4 is 0 Å². The summed E-state index contributed by atoms with van der Waals surface area (Å²) in [5, 5.41) is 71.4. The Morgan fingerprint density at radius 1 is 0.667 bits per heavy atom.